The molecule has 0 N–H and O–H groups in total. The molecule has 0 atom stereocenters. The highest BCUT2D eigenvalue weighted by molar-refractivity contribution is 6.82. The van der Waals surface area contributed by atoms with E-state index in [1.54, 1.807) is 0 Å². The summed E-state index contributed by atoms with van der Waals surface area (Å²) in [7, 11) is 0. The number of fused-ring (bicyclic) bond motifs is 6. The first kappa shape index (κ1) is 33.2. The van der Waals surface area contributed by atoms with Crippen LogP contribution in [0.2, 0.25) is 0 Å². The fourth-order valence-electron chi connectivity index (χ4n) is 9.70. The molecule has 0 saturated carbocycles. The fraction of sp³-hybridized carbons (Fsp3) is 0.160. The highest BCUT2D eigenvalue weighted by Gasteiger charge is 2.43. The number of hydrogen-bond donors (Lipinski definition) is 0. The molecule has 0 spiro atoms. The molecule has 6 heteroatoms. The largest absolute Gasteiger partial charge is 0.420 e. The normalized spacial score (nSPS) is 14.1. The Hall–Kier alpha value is -6.13. The molecule has 0 saturated heterocycles. The lowest BCUT2D eigenvalue weighted by molar-refractivity contribution is 0.590. The van der Waals surface area contributed by atoms with Crippen LogP contribution in [0.3, 0.4) is 0 Å². The number of hydrogen-bond acceptors (Lipinski definition) is 2. The molecule has 2 aromatic heterocycles. The van der Waals surface area contributed by atoms with Crippen molar-refractivity contribution in [2.75, 3.05) is 9.62 Å². The molecule has 0 aliphatic carbocycles. The van der Waals surface area contributed by atoms with Crippen LogP contribution in [0, 0.1) is 0 Å². The summed E-state index contributed by atoms with van der Waals surface area (Å²) in [5, 5.41) is 5.20. The van der Waals surface area contributed by atoms with Crippen molar-refractivity contribution in [2.45, 2.75) is 52.4 Å². The van der Waals surface area contributed by atoms with Gasteiger partial charge in [0, 0.05) is 44.0 Å². The Morgan fingerprint density at radius 1 is 0.357 bits per heavy atom. The smallest absolute Gasteiger partial charge is 0.360 e. The topological polar surface area (TPSA) is 16.3 Å². The SMILES string of the molecule is CC(C)(C)c1ccc(N2B(c3ccc(B4N(c5ccc(C(C)(C)C)cc5)c5cccc6c7ccccc7n4c56)cc3)n3c4ccccc4c4cccc2c43)cc1. The Morgan fingerprint density at radius 2 is 0.714 bits per heavy atom. The van der Waals surface area contributed by atoms with Crippen LogP contribution in [0.1, 0.15) is 52.7 Å². The first-order chi connectivity index (χ1) is 27.1. The Morgan fingerprint density at radius 3 is 1.09 bits per heavy atom. The van der Waals surface area contributed by atoms with Crippen LogP contribution in [0.15, 0.2) is 158 Å². The molecule has 9 aromatic rings. The number of nitrogens with zero attached hydrogens (tertiary/aromatic N) is 4. The van der Waals surface area contributed by atoms with Crippen LogP contribution in [0.4, 0.5) is 22.7 Å². The van der Waals surface area contributed by atoms with Gasteiger partial charge in [0.1, 0.15) is 0 Å². The lowest BCUT2D eigenvalue weighted by atomic mass is 9.62. The van der Waals surface area contributed by atoms with E-state index in [-0.39, 0.29) is 24.8 Å². The lowest BCUT2D eigenvalue weighted by Gasteiger charge is -2.29. The Bertz CT molecular complexity index is 2790. The van der Waals surface area contributed by atoms with Gasteiger partial charge in [-0.25, -0.2) is 0 Å². The highest BCUT2D eigenvalue weighted by Crippen LogP contribution is 2.46. The van der Waals surface area contributed by atoms with E-state index in [4.69, 9.17) is 0 Å². The number of para-hydroxylation sites is 4. The van der Waals surface area contributed by atoms with Crippen LogP contribution in [-0.4, -0.2) is 22.9 Å². The van der Waals surface area contributed by atoms with Crippen molar-refractivity contribution in [1.29, 1.82) is 0 Å². The minimum atomic E-state index is -0.0507. The molecule has 270 valence electrons. The molecule has 7 aromatic carbocycles. The average molecular weight is 723 g/mol. The second kappa shape index (κ2) is 11.7. The van der Waals surface area contributed by atoms with Crippen molar-refractivity contribution in [2.24, 2.45) is 0 Å². The summed E-state index contributed by atoms with van der Waals surface area (Å²) in [4.78, 5) is 5.10. The molecule has 0 unspecified atom stereocenters. The molecule has 2 aliphatic rings. The van der Waals surface area contributed by atoms with Crippen molar-refractivity contribution in [3.63, 3.8) is 0 Å². The predicted octanol–water partition coefficient (Wildman–Crippen LogP) is 11.3. The quantitative estimate of drug-likeness (QED) is 0.168. The van der Waals surface area contributed by atoms with Crippen LogP contribution >= 0.6 is 0 Å². The minimum Gasteiger partial charge on any atom is -0.360 e. The van der Waals surface area contributed by atoms with Gasteiger partial charge in [-0.2, -0.15) is 0 Å². The molecular weight excluding hydrogens is 678 g/mol. The summed E-state index contributed by atoms with van der Waals surface area (Å²) < 4.78 is 5.15. The molecule has 2 aliphatic heterocycles. The maximum Gasteiger partial charge on any atom is 0.420 e. The second-order valence-electron chi connectivity index (χ2n) is 17.9. The van der Waals surface area contributed by atoms with Gasteiger partial charge in [-0.05, 0) is 81.4 Å². The number of rotatable bonds is 4. The van der Waals surface area contributed by atoms with Gasteiger partial charge >= 0.3 is 14.0 Å². The maximum absolute atomic E-state index is 2.57. The molecule has 56 heavy (non-hydrogen) atoms. The highest BCUT2D eigenvalue weighted by atomic mass is 15.2. The fourth-order valence-corrected chi connectivity index (χ4v) is 9.70. The first-order valence-corrected chi connectivity index (χ1v) is 20.0. The summed E-state index contributed by atoms with van der Waals surface area (Å²) in [5.41, 5.74) is 15.3. The van der Waals surface area contributed by atoms with Crippen molar-refractivity contribution in [3.05, 3.63) is 169 Å². The van der Waals surface area contributed by atoms with Crippen LogP contribution in [0.25, 0.3) is 43.6 Å². The molecular formula is C50H44B2N4. The van der Waals surface area contributed by atoms with Crippen molar-refractivity contribution in [3.8, 4) is 0 Å². The standard InChI is InChI=1S/C50H44B2N4/c1-49(2,3)33-21-29-37(30-22-33)53-45-19-11-15-41-39-13-7-9-17-43(39)55(47(41)45)51(53)35-25-27-36(28-26-35)52-54(38-31-23-34(24-32-38)50(4,5)6)46-20-12-16-42-40-14-8-10-18-44(40)56(52)48(42)46/h7-32H,1-6H3. The van der Waals surface area contributed by atoms with Gasteiger partial charge in [0.15, 0.2) is 0 Å². The van der Waals surface area contributed by atoms with Gasteiger partial charge in [0.2, 0.25) is 0 Å². The molecule has 11 rings (SSSR count). The van der Waals surface area contributed by atoms with Gasteiger partial charge in [-0.1, -0.05) is 151 Å². The molecule has 4 heterocycles. The third kappa shape index (κ3) is 4.68. The number of benzene rings is 7. The summed E-state index contributed by atoms with van der Waals surface area (Å²) in [6, 6.07) is 59.4. The van der Waals surface area contributed by atoms with Crippen molar-refractivity contribution < 1.29 is 0 Å². The van der Waals surface area contributed by atoms with Crippen LogP contribution < -0.4 is 20.5 Å². The Labute approximate surface area is 329 Å². The molecule has 0 amide bonds. The van der Waals surface area contributed by atoms with Gasteiger partial charge < -0.3 is 18.6 Å². The van der Waals surface area contributed by atoms with Crippen LogP contribution in [0.5, 0.6) is 0 Å². The van der Waals surface area contributed by atoms with E-state index in [9.17, 15) is 0 Å². The third-order valence-electron chi connectivity index (χ3n) is 12.5. The van der Waals surface area contributed by atoms with Gasteiger partial charge in [-0.3, -0.25) is 0 Å². The molecule has 4 nitrogen and oxygen atoms in total. The van der Waals surface area contributed by atoms with Crippen molar-refractivity contribution >= 4 is 91.3 Å². The van der Waals surface area contributed by atoms with E-state index in [0.717, 1.165) is 0 Å². The van der Waals surface area contributed by atoms with E-state index in [1.165, 1.54) is 88.4 Å². The zero-order chi connectivity index (χ0) is 38.1. The summed E-state index contributed by atoms with van der Waals surface area (Å²) >= 11 is 0. The zero-order valence-corrected chi connectivity index (χ0v) is 33.0. The van der Waals surface area contributed by atoms with E-state index in [0.29, 0.717) is 0 Å². The van der Waals surface area contributed by atoms with E-state index in [1.807, 2.05) is 0 Å². The Kier molecular flexibility index (Phi) is 6.94. The zero-order valence-electron chi connectivity index (χ0n) is 33.0. The monoisotopic (exact) mass is 722 g/mol. The summed E-state index contributed by atoms with van der Waals surface area (Å²) in [6.45, 7) is 13.6. The molecule has 0 bridgehead atoms. The van der Waals surface area contributed by atoms with E-state index >= 15 is 0 Å². The van der Waals surface area contributed by atoms with E-state index in [2.05, 4.69) is 218 Å². The van der Waals surface area contributed by atoms with Crippen LogP contribution in [-0.2, 0) is 10.8 Å². The molecule has 0 fully saturated rings. The maximum atomic E-state index is 2.57. The van der Waals surface area contributed by atoms with Gasteiger partial charge in [-0.15, -0.1) is 0 Å². The minimum absolute atomic E-state index is 0.0507. The molecule has 0 radical (unpaired) electrons. The van der Waals surface area contributed by atoms with Crippen molar-refractivity contribution in [1.82, 2.24) is 8.96 Å². The Balaban J connectivity index is 1.09. The summed E-state index contributed by atoms with van der Waals surface area (Å²) in [6.07, 6.45) is 0. The first-order valence-electron chi connectivity index (χ1n) is 20.0. The number of anilines is 4. The predicted molar refractivity (Wildman–Crippen MR) is 241 cm³/mol. The second-order valence-corrected chi connectivity index (χ2v) is 17.9. The van der Waals surface area contributed by atoms with Gasteiger partial charge in [0.25, 0.3) is 0 Å². The third-order valence-corrected chi connectivity index (χ3v) is 12.5. The summed E-state index contributed by atoms with van der Waals surface area (Å²) in [5.74, 6) is 0. The lowest BCUT2D eigenvalue weighted by Crippen LogP contribution is -2.51. The number of aromatic nitrogens is 2. The average Bonchev–Trinajstić information content (AvgIpc) is 3.94. The van der Waals surface area contributed by atoms with Gasteiger partial charge in [0.05, 0.1) is 22.4 Å². The van der Waals surface area contributed by atoms with E-state index < -0.39 is 0 Å².